The van der Waals surface area contributed by atoms with E-state index in [9.17, 15) is 9.59 Å². The molecule has 1 aliphatic rings. The van der Waals surface area contributed by atoms with Gasteiger partial charge in [-0.3, -0.25) is 4.79 Å². The second kappa shape index (κ2) is 8.78. The predicted octanol–water partition coefficient (Wildman–Crippen LogP) is 3.50. The zero-order valence-electron chi connectivity index (χ0n) is 16.6. The van der Waals surface area contributed by atoms with Crippen LogP contribution < -0.4 is 20.3 Å². The van der Waals surface area contributed by atoms with E-state index in [-0.39, 0.29) is 18.0 Å². The highest BCUT2D eigenvalue weighted by Crippen LogP contribution is 2.30. The van der Waals surface area contributed by atoms with Gasteiger partial charge in [0.25, 0.3) is 5.91 Å². The first-order valence-corrected chi connectivity index (χ1v) is 9.64. The fraction of sp³-hybridized carbons (Fsp3) is 0.364. The third-order valence-electron chi connectivity index (χ3n) is 5.07. The molecule has 1 atom stereocenters. The smallest absolute Gasteiger partial charge is 0.315 e. The highest BCUT2D eigenvalue weighted by Gasteiger charge is 2.25. The van der Waals surface area contributed by atoms with E-state index < -0.39 is 0 Å². The highest BCUT2D eigenvalue weighted by molar-refractivity contribution is 6.07. The van der Waals surface area contributed by atoms with Gasteiger partial charge in [-0.05, 0) is 61.2 Å². The molecular formula is C22H27N3O3. The summed E-state index contributed by atoms with van der Waals surface area (Å²) in [6, 6.07) is 13.1. The second-order valence-corrected chi connectivity index (χ2v) is 7.03. The van der Waals surface area contributed by atoms with Crippen LogP contribution in [0.1, 0.15) is 41.8 Å². The molecule has 28 heavy (non-hydrogen) atoms. The molecule has 2 aromatic carbocycles. The SMILES string of the molecule is CCC(C)NC(=O)NCc1ccc2c(c1)N(C(=O)c1ccc(OC)cc1)CC2. The van der Waals surface area contributed by atoms with Gasteiger partial charge in [0.05, 0.1) is 7.11 Å². The molecule has 6 heteroatoms. The number of hydrogen-bond acceptors (Lipinski definition) is 3. The van der Waals surface area contributed by atoms with Crippen molar-refractivity contribution in [2.24, 2.45) is 0 Å². The number of ether oxygens (including phenoxy) is 1. The van der Waals surface area contributed by atoms with Gasteiger partial charge in [-0.1, -0.05) is 19.1 Å². The van der Waals surface area contributed by atoms with E-state index in [1.165, 1.54) is 0 Å². The first-order chi connectivity index (χ1) is 13.5. The first-order valence-electron chi connectivity index (χ1n) is 9.64. The lowest BCUT2D eigenvalue weighted by Crippen LogP contribution is -2.40. The minimum absolute atomic E-state index is 0.0268. The van der Waals surface area contributed by atoms with Crippen LogP contribution in [0.5, 0.6) is 5.75 Å². The number of fused-ring (bicyclic) bond motifs is 1. The first kappa shape index (κ1) is 19.7. The molecular weight excluding hydrogens is 354 g/mol. The Morgan fingerprint density at radius 3 is 2.61 bits per heavy atom. The summed E-state index contributed by atoms with van der Waals surface area (Å²) < 4.78 is 5.16. The Hall–Kier alpha value is -3.02. The van der Waals surface area contributed by atoms with Crippen molar-refractivity contribution in [3.63, 3.8) is 0 Å². The van der Waals surface area contributed by atoms with Crippen LogP contribution in [0.2, 0.25) is 0 Å². The Balaban J connectivity index is 1.70. The minimum Gasteiger partial charge on any atom is -0.497 e. The molecule has 1 aliphatic heterocycles. The topological polar surface area (TPSA) is 70.7 Å². The molecule has 148 valence electrons. The van der Waals surface area contributed by atoms with Gasteiger partial charge in [0.1, 0.15) is 5.75 Å². The monoisotopic (exact) mass is 381 g/mol. The zero-order chi connectivity index (χ0) is 20.1. The molecule has 0 aliphatic carbocycles. The van der Waals surface area contributed by atoms with Crippen molar-refractivity contribution in [3.05, 3.63) is 59.2 Å². The maximum Gasteiger partial charge on any atom is 0.315 e. The third-order valence-corrected chi connectivity index (χ3v) is 5.07. The number of benzene rings is 2. The van der Waals surface area contributed by atoms with Crippen molar-refractivity contribution >= 4 is 17.6 Å². The van der Waals surface area contributed by atoms with Crippen LogP contribution in [0.15, 0.2) is 42.5 Å². The zero-order valence-corrected chi connectivity index (χ0v) is 16.6. The van der Waals surface area contributed by atoms with Crippen LogP contribution in [-0.4, -0.2) is 31.6 Å². The Morgan fingerprint density at radius 1 is 1.18 bits per heavy atom. The summed E-state index contributed by atoms with van der Waals surface area (Å²) in [6.07, 6.45) is 1.72. The fourth-order valence-corrected chi connectivity index (χ4v) is 3.19. The summed E-state index contributed by atoms with van der Waals surface area (Å²) in [5, 5.41) is 5.76. The number of nitrogens with zero attached hydrogens (tertiary/aromatic N) is 1. The summed E-state index contributed by atoms with van der Waals surface area (Å²) in [4.78, 5) is 26.7. The number of amides is 3. The molecule has 1 unspecified atom stereocenters. The molecule has 0 bridgehead atoms. The number of hydrogen-bond donors (Lipinski definition) is 2. The maximum absolute atomic E-state index is 12.9. The molecule has 3 rings (SSSR count). The van der Waals surface area contributed by atoms with E-state index in [1.54, 1.807) is 36.3 Å². The standard InChI is InChI=1S/C22H27N3O3/c1-4-15(2)24-22(27)23-14-16-5-6-17-11-12-25(20(17)13-16)21(26)18-7-9-19(28-3)10-8-18/h5-10,13,15H,4,11-12,14H2,1-3H3,(H2,23,24,27). The van der Waals surface area contributed by atoms with Gasteiger partial charge in [0.15, 0.2) is 0 Å². The van der Waals surface area contributed by atoms with Crippen molar-refractivity contribution in [2.45, 2.75) is 39.3 Å². The number of rotatable bonds is 6. The summed E-state index contributed by atoms with van der Waals surface area (Å²) in [5.41, 5.74) is 3.66. The van der Waals surface area contributed by atoms with E-state index in [0.29, 0.717) is 18.7 Å². The van der Waals surface area contributed by atoms with Crippen molar-refractivity contribution < 1.29 is 14.3 Å². The van der Waals surface area contributed by atoms with Crippen molar-refractivity contribution in [1.29, 1.82) is 0 Å². The van der Waals surface area contributed by atoms with Crippen molar-refractivity contribution in [1.82, 2.24) is 10.6 Å². The number of carbonyl (C=O) groups is 2. The van der Waals surface area contributed by atoms with Crippen LogP contribution in [-0.2, 0) is 13.0 Å². The number of carbonyl (C=O) groups excluding carboxylic acids is 2. The van der Waals surface area contributed by atoms with Crippen LogP contribution in [0, 0.1) is 0 Å². The van der Waals surface area contributed by atoms with Gasteiger partial charge < -0.3 is 20.3 Å². The molecule has 0 aromatic heterocycles. The predicted molar refractivity (Wildman–Crippen MR) is 110 cm³/mol. The third kappa shape index (κ3) is 4.44. The average molecular weight is 381 g/mol. The molecule has 3 amide bonds. The van der Waals surface area contributed by atoms with E-state index in [4.69, 9.17) is 4.74 Å². The van der Waals surface area contributed by atoms with Gasteiger partial charge in [-0.15, -0.1) is 0 Å². The van der Waals surface area contributed by atoms with Crippen molar-refractivity contribution in [2.75, 3.05) is 18.6 Å². The maximum atomic E-state index is 12.9. The molecule has 0 fully saturated rings. The Morgan fingerprint density at radius 2 is 1.93 bits per heavy atom. The van der Waals surface area contributed by atoms with E-state index in [2.05, 4.69) is 10.6 Å². The second-order valence-electron chi connectivity index (χ2n) is 7.03. The van der Waals surface area contributed by atoms with Crippen LogP contribution in [0.3, 0.4) is 0 Å². The Labute approximate surface area is 165 Å². The lowest BCUT2D eigenvalue weighted by atomic mass is 10.1. The minimum atomic E-state index is -0.180. The summed E-state index contributed by atoms with van der Waals surface area (Å²) in [6.45, 7) is 5.07. The fourth-order valence-electron chi connectivity index (χ4n) is 3.19. The molecule has 0 spiro atoms. The lowest BCUT2D eigenvalue weighted by Gasteiger charge is -2.19. The number of urea groups is 1. The number of nitrogens with one attached hydrogen (secondary N) is 2. The Kier molecular flexibility index (Phi) is 6.19. The van der Waals surface area contributed by atoms with Crippen LogP contribution in [0.4, 0.5) is 10.5 Å². The molecule has 1 heterocycles. The highest BCUT2D eigenvalue weighted by atomic mass is 16.5. The van der Waals surface area contributed by atoms with Gasteiger partial charge in [0.2, 0.25) is 0 Å². The van der Waals surface area contributed by atoms with Crippen LogP contribution >= 0.6 is 0 Å². The normalized spacial score (nSPS) is 13.6. The van der Waals surface area contributed by atoms with E-state index in [1.807, 2.05) is 32.0 Å². The summed E-state index contributed by atoms with van der Waals surface area (Å²) in [7, 11) is 1.60. The molecule has 2 N–H and O–H groups in total. The van der Waals surface area contributed by atoms with Gasteiger partial charge in [-0.2, -0.15) is 0 Å². The summed E-state index contributed by atoms with van der Waals surface area (Å²) >= 11 is 0. The van der Waals surface area contributed by atoms with Gasteiger partial charge in [0, 0.05) is 30.4 Å². The molecule has 0 radical (unpaired) electrons. The molecule has 0 saturated heterocycles. The average Bonchev–Trinajstić information content (AvgIpc) is 3.15. The van der Waals surface area contributed by atoms with Crippen molar-refractivity contribution in [3.8, 4) is 5.75 Å². The number of anilines is 1. The number of methoxy groups -OCH3 is 1. The Bertz CT molecular complexity index is 849. The quantitative estimate of drug-likeness (QED) is 0.805. The van der Waals surface area contributed by atoms with E-state index in [0.717, 1.165) is 35.4 Å². The molecule has 2 aromatic rings. The van der Waals surface area contributed by atoms with Gasteiger partial charge in [-0.25, -0.2) is 4.79 Å². The summed E-state index contributed by atoms with van der Waals surface area (Å²) in [5.74, 6) is 0.698. The van der Waals surface area contributed by atoms with Gasteiger partial charge >= 0.3 is 6.03 Å². The van der Waals surface area contributed by atoms with Crippen LogP contribution in [0.25, 0.3) is 0 Å². The lowest BCUT2D eigenvalue weighted by molar-refractivity contribution is 0.0989. The van der Waals surface area contributed by atoms with E-state index >= 15 is 0 Å². The molecule has 6 nitrogen and oxygen atoms in total. The molecule has 0 saturated carbocycles. The largest absolute Gasteiger partial charge is 0.497 e.